The molecule has 1 radical (unpaired) electrons. The van der Waals surface area contributed by atoms with Crippen LogP contribution in [0.25, 0.3) is 0 Å². The molecule has 0 aliphatic heterocycles. The second-order valence-corrected chi connectivity index (χ2v) is 2.28. The van der Waals surface area contributed by atoms with Crippen LogP contribution in [0.5, 0.6) is 0 Å². The molecule has 47 valence electrons. The summed E-state index contributed by atoms with van der Waals surface area (Å²) in [7, 11) is 0. The van der Waals surface area contributed by atoms with Gasteiger partial charge in [-0.2, -0.15) is 0 Å². The topological polar surface area (TPSA) is 0 Å². The summed E-state index contributed by atoms with van der Waals surface area (Å²) in [5.74, 6) is 0. The highest BCUT2D eigenvalue weighted by Crippen LogP contribution is 1.98. The standard InChI is InChI=1S/C8H15/c1-4-5-6-7-8(2)3/h7H,1,4-6H2,2-3H3. The molecule has 0 aromatic heterocycles. The van der Waals surface area contributed by atoms with E-state index in [9.17, 15) is 0 Å². The molecule has 0 aromatic carbocycles. The maximum atomic E-state index is 3.75. The van der Waals surface area contributed by atoms with Crippen LogP contribution in [0.2, 0.25) is 0 Å². The first-order chi connectivity index (χ1) is 3.77. The second-order valence-electron chi connectivity index (χ2n) is 2.28. The van der Waals surface area contributed by atoms with Crippen molar-refractivity contribution in [2.24, 2.45) is 0 Å². The number of unbranched alkanes of at least 4 members (excludes halogenated alkanes) is 2. The van der Waals surface area contributed by atoms with Gasteiger partial charge in [0.1, 0.15) is 0 Å². The molecular weight excluding hydrogens is 96.1 g/mol. The number of hydrogen-bond acceptors (Lipinski definition) is 0. The summed E-state index contributed by atoms with van der Waals surface area (Å²) in [6.45, 7) is 8.01. The van der Waals surface area contributed by atoms with Crippen molar-refractivity contribution in [3.63, 3.8) is 0 Å². The largest absolute Gasteiger partial charge is 0.0859 e. The summed E-state index contributed by atoms with van der Waals surface area (Å²) in [5.41, 5.74) is 1.42. The molecule has 0 nitrogen and oxygen atoms in total. The van der Waals surface area contributed by atoms with Gasteiger partial charge in [-0.15, -0.1) is 0 Å². The van der Waals surface area contributed by atoms with Crippen molar-refractivity contribution in [2.45, 2.75) is 33.1 Å². The third kappa shape index (κ3) is 5.74. The van der Waals surface area contributed by atoms with Crippen molar-refractivity contribution in [2.75, 3.05) is 0 Å². The van der Waals surface area contributed by atoms with Crippen molar-refractivity contribution >= 4 is 0 Å². The Balaban J connectivity index is 3.03. The van der Waals surface area contributed by atoms with Crippen LogP contribution in [0.4, 0.5) is 0 Å². The maximum absolute atomic E-state index is 3.75. The van der Waals surface area contributed by atoms with Gasteiger partial charge in [-0.05, 0) is 26.7 Å². The Morgan fingerprint density at radius 3 is 2.50 bits per heavy atom. The highest BCUT2D eigenvalue weighted by Gasteiger charge is 1.78. The normalized spacial score (nSPS) is 8.88. The Kier molecular flexibility index (Phi) is 4.73. The zero-order valence-corrected chi connectivity index (χ0v) is 5.91. The van der Waals surface area contributed by atoms with E-state index < -0.39 is 0 Å². The van der Waals surface area contributed by atoms with Crippen molar-refractivity contribution < 1.29 is 0 Å². The predicted octanol–water partition coefficient (Wildman–Crippen LogP) is 2.96. The minimum Gasteiger partial charge on any atom is -0.0859 e. The van der Waals surface area contributed by atoms with Crippen molar-refractivity contribution in [1.29, 1.82) is 0 Å². The summed E-state index contributed by atoms with van der Waals surface area (Å²) >= 11 is 0. The average molecular weight is 111 g/mol. The van der Waals surface area contributed by atoms with E-state index in [0.29, 0.717) is 0 Å². The smallest absolute Gasteiger partial charge is 0.0348 e. The van der Waals surface area contributed by atoms with Crippen LogP contribution in [0.3, 0.4) is 0 Å². The van der Waals surface area contributed by atoms with Crippen molar-refractivity contribution in [3.8, 4) is 0 Å². The van der Waals surface area contributed by atoms with Crippen LogP contribution < -0.4 is 0 Å². The number of rotatable bonds is 3. The fourth-order valence-electron chi connectivity index (χ4n) is 0.535. The van der Waals surface area contributed by atoms with Gasteiger partial charge in [0.15, 0.2) is 0 Å². The molecule has 0 amide bonds. The van der Waals surface area contributed by atoms with Gasteiger partial charge in [-0.3, -0.25) is 0 Å². The Hall–Kier alpha value is -0.260. The first-order valence-corrected chi connectivity index (χ1v) is 3.20. The molecule has 0 heteroatoms. The van der Waals surface area contributed by atoms with Gasteiger partial charge in [-0.25, -0.2) is 0 Å². The van der Waals surface area contributed by atoms with Gasteiger partial charge in [0.05, 0.1) is 0 Å². The van der Waals surface area contributed by atoms with E-state index in [-0.39, 0.29) is 0 Å². The highest BCUT2D eigenvalue weighted by atomic mass is 13.8. The number of allylic oxidation sites excluding steroid dienone is 2. The van der Waals surface area contributed by atoms with E-state index in [4.69, 9.17) is 0 Å². The molecule has 0 N–H and O–H groups in total. The Bertz CT molecular complexity index is 66.1. The lowest BCUT2D eigenvalue weighted by molar-refractivity contribution is 0.860. The fourth-order valence-corrected chi connectivity index (χ4v) is 0.535. The van der Waals surface area contributed by atoms with Crippen molar-refractivity contribution in [1.82, 2.24) is 0 Å². The fraction of sp³-hybridized carbons (Fsp3) is 0.625. The second kappa shape index (κ2) is 4.89. The van der Waals surface area contributed by atoms with Gasteiger partial charge in [0.25, 0.3) is 0 Å². The molecule has 0 saturated carbocycles. The van der Waals surface area contributed by atoms with Crippen LogP contribution in [0, 0.1) is 6.92 Å². The van der Waals surface area contributed by atoms with Gasteiger partial charge in [0.2, 0.25) is 0 Å². The molecule has 0 aliphatic rings. The third-order valence-electron chi connectivity index (χ3n) is 1.01. The molecule has 8 heavy (non-hydrogen) atoms. The van der Waals surface area contributed by atoms with Gasteiger partial charge < -0.3 is 0 Å². The van der Waals surface area contributed by atoms with Gasteiger partial charge in [0, 0.05) is 0 Å². The van der Waals surface area contributed by atoms with E-state index >= 15 is 0 Å². The summed E-state index contributed by atoms with van der Waals surface area (Å²) in [6.07, 6.45) is 5.74. The molecule has 0 aliphatic carbocycles. The maximum Gasteiger partial charge on any atom is -0.0348 e. The lowest BCUT2D eigenvalue weighted by Gasteiger charge is -1.88. The summed E-state index contributed by atoms with van der Waals surface area (Å²) in [6, 6.07) is 0. The molecule has 0 atom stereocenters. The van der Waals surface area contributed by atoms with E-state index in [1.807, 2.05) is 0 Å². The molecule has 0 aromatic rings. The van der Waals surface area contributed by atoms with Crippen LogP contribution >= 0.6 is 0 Å². The third-order valence-corrected chi connectivity index (χ3v) is 1.01. The molecule has 0 rings (SSSR count). The summed E-state index contributed by atoms with van der Waals surface area (Å²) < 4.78 is 0. The molecule has 0 heterocycles. The van der Waals surface area contributed by atoms with Crippen LogP contribution in [-0.4, -0.2) is 0 Å². The van der Waals surface area contributed by atoms with E-state index in [0.717, 1.165) is 6.42 Å². The molecular formula is C8H15. The molecule has 0 bridgehead atoms. The zero-order chi connectivity index (χ0) is 6.41. The van der Waals surface area contributed by atoms with Gasteiger partial charge in [-0.1, -0.05) is 25.0 Å². The Labute approximate surface area is 52.6 Å². The van der Waals surface area contributed by atoms with Crippen LogP contribution in [0.1, 0.15) is 33.1 Å². The zero-order valence-electron chi connectivity index (χ0n) is 5.91. The quantitative estimate of drug-likeness (QED) is 0.388. The Morgan fingerprint density at radius 2 is 2.12 bits per heavy atom. The van der Waals surface area contributed by atoms with E-state index in [2.05, 4.69) is 26.8 Å². The van der Waals surface area contributed by atoms with E-state index in [1.165, 1.54) is 18.4 Å². The summed E-state index contributed by atoms with van der Waals surface area (Å²) in [5, 5.41) is 0. The summed E-state index contributed by atoms with van der Waals surface area (Å²) in [4.78, 5) is 0. The van der Waals surface area contributed by atoms with Crippen LogP contribution in [-0.2, 0) is 0 Å². The first-order valence-electron chi connectivity index (χ1n) is 3.20. The monoisotopic (exact) mass is 111 g/mol. The van der Waals surface area contributed by atoms with Gasteiger partial charge >= 0.3 is 0 Å². The lowest BCUT2D eigenvalue weighted by atomic mass is 10.2. The predicted molar refractivity (Wildman–Crippen MR) is 38.6 cm³/mol. The lowest BCUT2D eigenvalue weighted by Crippen LogP contribution is -1.68. The SMILES string of the molecule is [CH2]CCCC=C(C)C. The molecule has 0 fully saturated rings. The molecule has 0 unspecified atom stereocenters. The van der Waals surface area contributed by atoms with Crippen molar-refractivity contribution in [3.05, 3.63) is 18.6 Å². The Morgan fingerprint density at radius 1 is 1.50 bits per heavy atom. The minimum absolute atomic E-state index is 1.06. The van der Waals surface area contributed by atoms with E-state index in [1.54, 1.807) is 0 Å². The number of hydrogen-bond donors (Lipinski definition) is 0. The minimum atomic E-state index is 1.06. The first kappa shape index (κ1) is 7.74. The molecule has 0 saturated heterocycles. The molecule has 0 spiro atoms. The highest BCUT2D eigenvalue weighted by molar-refractivity contribution is 4.92. The van der Waals surface area contributed by atoms with Crippen LogP contribution in [0.15, 0.2) is 11.6 Å². The average Bonchev–Trinajstić information content (AvgIpc) is 1.66.